The second-order valence-electron chi connectivity index (χ2n) is 7.36. The van der Waals surface area contributed by atoms with Crippen LogP contribution < -0.4 is 10.6 Å². The lowest BCUT2D eigenvalue weighted by atomic mass is 10.1. The summed E-state index contributed by atoms with van der Waals surface area (Å²) in [5, 5.41) is 6.36. The van der Waals surface area contributed by atoms with E-state index in [1.165, 1.54) is 0 Å². The summed E-state index contributed by atoms with van der Waals surface area (Å²) in [6, 6.07) is 16.1. The topological polar surface area (TPSA) is 62.2 Å². The second-order valence-corrected chi connectivity index (χ2v) is 7.36. The lowest BCUT2D eigenvalue weighted by Crippen LogP contribution is -2.31. The third kappa shape index (κ3) is 4.70. The van der Waals surface area contributed by atoms with Gasteiger partial charge in [0.1, 0.15) is 5.82 Å². The highest BCUT2D eigenvalue weighted by Crippen LogP contribution is 2.16. The van der Waals surface area contributed by atoms with Crippen LogP contribution >= 0.6 is 0 Å². The summed E-state index contributed by atoms with van der Waals surface area (Å²) in [7, 11) is 6.12. The van der Waals surface area contributed by atoms with Crippen LogP contribution in [0.15, 0.2) is 48.5 Å². The van der Waals surface area contributed by atoms with Crippen molar-refractivity contribution in [3.05, 3.63) is 59.9 Å². The van der Waals surface area contributed by atoms with Crippen LogP contribution in [0.25, 0.3) is 11.0 Å². The van der Waals surface area contributed by atoms with Gasteiger partial charge in [-0.3, -0.25) is 4.79 Å². The van der Waals surface area contributed by atoms with Gasteiger partial charge >= 0.3 is 0 Å². The fourth-order valence-corrected chi connectivity index (χ4v) is 3.03. The molecule has 0 saturated carbocycles. The van der Waals surface area contributed by atoms with Gasteiger partial charge in [0.25, 0.3) is 5.91 Å². The minimum atomic E-state index is -0.0344. The van der Waals surface area contributed by atoms with Crippen molar-refractivity contribution in [2.45, 2.75) is 25.9 Å². The van der Waals surface area contributed by atoms with Crippen LogP contribution in [-0.2, 0) is 13.6 Å². The van der Waals surface area contributed by atoms with Crippen molar-refractivity contribution in [2.75, 3.05) is 26.0 Å². The molecule has 2 N–H and O–H groups in total. The third-order valence-electron chi connectivity index (χ3n) is 5.21. The number of para-hydroxylation sites is 2. The van der Waals surface area contributed by atoms with E-state index in [1.54, 1.807) is 0 Å². The zero-order valence-corrected chi connectivity index (χ0v) is 17.1. The van der Waals surface area contributed by atoms with Crippen LogP contribution in [0.2, 0.25) is 0 Å². The van der Waals surface area contributed by atoms with E-state index in [0.717, 1.165) is 29.0 Å². The second kappa shape index (κ2) is 8.89. The molecule has 0 fully saturated rings. The first-order chi connectivity index (χ1) is 13.5. The molecule has 28 heavy (non-hydrogen) atoms. The smallest absolute Gasteiger partial charge is 0.251 e. The van der Waals surface area contributed by atoms with E-state index >= 15 is 0 Å². The Hall–Kier alpha value is -2.86. The number of fused-ring (bicyclic) bond motifs is 1. The highest BCUT2D eigenvalue weighted by Gasteiger charge is 2.09. The van der Waals surface area contributed by atoms with E-state index in [0.29, 0.717) is 24.7 Å². The molecule has 1 unspecified atom stereocenters. The van der Waals surface area contributed by atoms with E-state index in [1.807, 2.05) is 63.6 Å². The Kier molecular flexibility index (Phi) is 6.31. The number of nitrogens with zero attached hydrogens (tertiary/aromatic N) is 3. The first kappa shape index (κ1) is 19.9. The molecule has 0 saturated heterocycles. The zero-order chi connectivity index (χ0) is 20.1. The van der Waals surface area contributed by atoms with Gasteiger partial charge in [0.2, 0.25) is 0 Å². The molecule has 6 heteroatoms. The van der Waals surface area contributed by atoms with Gasteiger partial charge in [-0.25, -0.2) is 4.98 Å². The van der Waals surface area contributed by atoms with Crippen LogP contribution in [0, 0.1) is 0 Å². The Bertz CT molecular complexity index is 930. The Labute approximate surface area is 166 Å². The minimum absolute atomic E-state index is 0.0344. The van der Waals surface area contributed by atoms with Gasteiger partial charge in [0, 0.05) is 30.9 Å². The first-order valence-electron chi connectivity index (χ1n) is 9.64. The van der Waals surface area contributed by atoms with E-state index in [9.17, 15) is 4.79 Å². The van der Waals surface area contributed by atoms with Gasteiger partial charge in [-0.05, 0) is 63.8 Å². The molecule has 1 atom stereocenters. The molecule has 0 bridgehead atoms. The van der Waals surface area contributed by atoms with E-state index < -0.39 is 0 Å². The number of rotatable bonds is 8. The maximum absolute atomic E-state index is 12.3. The van der Waals surface area contributed by atoms with Crippen molar-refractivity contribution >= 4 is 22.6 Å². The predicted molar refractivity (Wildman–Crippen MR) is 115 cm³/mol. The van der Waals surface area contributed by atoms with Crippen molar-refractivity contribution in [1.29, 1.82) is 0 Å². The molecule has 0 radical (unpaired) electrons. The van der Waals surface area contributed by atoms with Gasteiger partial charge in [-0.15, -0.1) is 0 Å². The molecule has 0 spiro atoms. The molecule has 148 valence electrons. The summed E-state index contributed by atoms with van der Waals surface area (Å²) in [5.41, 5.74) is 3.75. The average molecular weight is 380 g/mol. The van der Waals surface area contributed by atoms with Gasteiger partial charge in [0.15, 0.2) is 0 Å². The molecule has 1 heterocycles. The number of hydrogen-bond donors (Lipinski definition) is 2. The largest absolute Gasteiger partial charge is 0.378 e. The molecule has 1 aromatic heterocycles. The Balaban J connectivity index is 1.54. The summed E-state index contributed by atoms with van der Waals surface area (Å²) in [6.07, 6.45) is 0.927. The summed E-state index contributed by atoms with van der Waals surface area (Å²) in [4.78, 5) is 19.1. The van der Waals surface area contributed by atoms with Crippen molar-refractivity contribution < 1.29 is 4.79 Å². The SMILES string of the molecule is CC(CCNC(=O)c1ccc(NCc2nc3ccccc3n2C)cc1)N(C)C. The van der Waals surface area contributed by atoms with Crippen molar-refractivity contribution in [3.8, 4) is 0 Å². The van der Waals surface area contributed by atoms with E-state index in [4.69, 9.17) is 0 Å². The van der Waals surface area contributed by atoms with Crippen molar-refractivity contribution in [2.24, 2.45) is 7.05 Å². The van der Waals surface area contributed by atoms with Crippen molar-refractivity contribution in [3.63, 3.8) is 0 Å². The Morgan fingerprint density at radius 3 is 2.54 bits per heavy atom. The van der Waals surface area contributed by atoms with Gasteiger partial charge in [-0.2, -0.15) is 0 Å². The summed E-state index contributed by atoms with van der Waals surface area (Å²) in [6.45, 7) is 3.45. The number of nitrogens with one attached hydrogen (secondary N) is 2. The molecule has 2 aromatic carbocycles. The number of aromatic nitrogens is 2. The number of aryl methyl sites for hydroxylation is 1. The highest BCUT2D eigenvalue weighted by atomic mass is 16.1. The van der Waals surface area contributed by atoms with Gasteiger partial charge in [-0.1, -0.05) is 12.1 Å². The molecule has 1 amide bonds. The third-order valence-corrected chi connectivity index (χ3v) is 5.21. The Morgan fingerprint density at radius 2 is 1.86 bits per heavy atom. The van der Waals surface area contributed by atoms with Crippen LogP contribution in [0.1, 0.15) is 29.5 Å². The minimum Gasteiger partial charge on any atom is -0.378 e. The maximum atomic E-state index is 12.3. The Morgan fingerprint density at radius 1 is 1.14 bits per heavy atom. The molecule has 3 aromatic rings. The number of carbonyl (C=O) groups excluding carboxylic acids is 1. The number of amides is 1. The fraction of sp³-hybridized carbons (Fsp3) is 0.364. The monoisotopic (exact) mass is 379 g/mol. The van der Waals surface area contributed by atoms with Crippen LogP contribution in [0.5, 0.6) is 0 Å². The lowest BCUT2D eigenvalue weighted by molar-refractivity contribution is 0.0950. The van der Waals surface area contributed by atoms with E-state index in [-0.39, 0.29) is 5.91 Å². The zero-order valence-electron chi connectivity index (χ0n) is 17.1. The normalized spacial score (nSPS) is 12.3. The number of benzene rings is 2. The van der Waals surface area contributed by atoms with Crippen LogP contribution in [-0.4, -0.2) is 47.0 Å². The summed E-state index contributed by atoms with van der Waals surface area (Å²) in [5.74, 6) is 0.936. The molecular formula is C22H29N5O. The average Bonchev–Trinajstić information content (AvgIpc) is 3.02. The standard InChI is InChI=1S/C22H29N5O/c1-16(26(2)3)13-14-23-22(28)17-9-11-18(12-10-17)24-15-21-25-19-7-5-6-8-20(19)27(21)4/h5-12,16,24H,13-15H2,1-4H3,(H,23,28). The number of carbonyl (C=O) groups is 1. The predicted octanol–water partition coefficient (Wildman–Crippen LogP) is 3.26. The molecule has 0 aliphatic heterocycles. The maximum Gasteiger partial charge on any atom is 0.251 e. The summed E-state index contributed by atoms with van der Waals surface area (Å²) < 4.78 is 2.10. The molecule has 0 aliphatic carbocycles. The lowest BCUT2D eigenvalue weighted by Gasteiger charge is -2.19. The summed E-state index contributed by atoms with van der Waals surface area (Å²) >= 11 is 0. The quantitative estimate of drug-likeness (QED) is 0.631. The van der Waals surface area contributed by atoms with Crippen LogP contribution in [0.4, 0.5) is 5.69 Å². The number of anilines is 1. The van der Waals surface area contributed by atoms with Gasteiger partial charge in [0.05, 0.1) is 17.6 Å². The number of hydrogen-bond acceptors (Lipinski definition) is 4. The molecule has 0 aliphatic rings. The van der Waals surface area contributed by atoms with Crippen molar-refractivity contribution in [1.82, 2.24) is 19.8 Å². The van der Waals surface area contributed by atoms with Crippen LogP contribution in [0.3, 0.4) is 0 Å². The first-order valence-corrected chi connectivity index (χ1v) is 9.64. The van der Waals surface area contributed by atoms with E-state index in [2.05, 4.69) is 38.1 Å². The molecular weight excluding hydrogens is 350 g/mol. The highest BCUT2D eigenvalue weighted by molar-refractivity contribution is 5.94. The number of imidazole rings is 1. The molecule has 3 rings (SSSR count). The van der Waals surface area contributed by atoms with Gasteiger partial charge < -0.3 is 20.1 Å². The fourth-order valence-electron chi connectivity index (χ4n) is 3.03. The molecule has 6 nitrogen and oxygen atoms in total.